The number of benzene rings is 1. The van der Waals surface area contributed by atoms with Crippen LogP contribution in [0.5, 0.6) is 0 Å². The maximum atomic E-state index is 12.4. The molecule has 0 saturated heterocycles. The second-order valence-corrected chi connectivity index (χ2v) is 4.68. The summed E-state index contributed by atoms with van der Waals surface area (Å²) in [7, 11) is 0. The van der Waals surface area contributed by atoms with E-state index in [1.165, 1.54) is 6.21 Å². The number of furan rings is 1. The molecule has 0 atom stereocenters. The number of anilines is 1. The predicted octanol–water partition coefficient (Wildman–Crippen LogP) is 2.70. The number of amides is 2. The zero-order chi connectivity index (χ0) is 17.7. The molecule has 0 radical (unpaired) electrons. The third-order valence-electron chi connectivity index (χ3n) is 2.80. The maximum Gasteiger partial charge on any atom is 0.416 e. The zero-order valence-electron chi connectivity index (χ0n) is 12.3. The molecule has 6 nitrogen and oxygen atoms in total. The van der Waals surface area contributed by atoms with Gasteiger partial charge in [0.25, 0.3) is 0 Å². The number of hydrazone groups is 1. The minimum atomic E-state index is -4.47. The number of hydrogen-bond donors (Lipinski definition) is 2. The van der Waals surface area contributed by atoms with Gasteiger partial charge in [-0.05, 0) is 43.3 Å². The van der Waals surface area contributed by atoms with Gasteiger partial charge in [0.1, 0.15) is 11.5 Å². The van der Waals surface area contributed by atoms with Crippen molar-refractivity contribution in [2.45, 2.75) is 13.1 Å². The Balaban J connectivity index is 1.89. The Morgan fingerprint density at radius 2 is 1.75 bits per heavy atom. The number of carbonyl (C=O) groups is 2. The lowest BCUT2D eigenvalue weighted by Gasteiger charge is -2.08. The molecular formula is C15H12F3N3O3. The molecule has 24 heavy (non-hydrogen) atoms. The highest BCUT2D eigenvalue weighted by molar-refractivity contribution is 6.39. The fourth-order valence-corrected chi connectivity index (χ4v) is 1.66. The van der Waals surface area contributed by atoms with E-state index in [1.807, 2.05) is 5.43 Å². The summed E-state index contributed by atoms with van der Waals surface area (Å²) in [5.74, 6) is -1.10. The van der Waals surface area contributed by atoms with Gasteiger partial charge in [0.05, 0.1) is 11.8 Å². The molecule has 0 unspecified atom stereocenters. The Morgan fingerprint density at radius 3 is 2.29 bits per heavy atom. The van der Waals surface area contributed by atoms with Crippen LogP contribution in [0, 0.1) is 6.92 Å². The van der Waals surface area contributed by atoms with Crippen LogP contribution in [0.4, 0.5) is 18.9 Å². The van der Waals surface area contributed by atoms with E-state index in [1.54, 1.807) is 19.1 Å². The second-order valence-electron chi connectivity index (χ2n) is 4.68. The van der Waals surface area contributed by atoms with Crippen molar-refractivity contribution in [1.82, 2.24) is 5.43 Å². The van der Waals surface area contributed by atoms with E-state index >= 15 is 0 Å². The van der Waals surface area contributed by atoms with Crippen molar-refractivity contribution in [3.8, 4) is 0 Å². The quantitative estimate of drug-likeness (QED) is 0.512. The van der Waals surface area contributed by atoms with Crippen molar-refractivity contribution >= 4 is 23.7 Å². The van der Waals surface area contributed by atoms with Gasteiger partial charge in [-0.1, -0.05) is 0 Å². The molecule has 1 aromatic heterocycles. The summed E-state index contributed by atoms with van der Waals surface area (Å²) in [5, 5.41) is 5.69. The third-order valence-corrected chi connectivity index (χ3v) is 2.80. The molecule has 0 aliphatic rings. The van der Waals surface area contributed by atoms with Crippen molar-refractivity contribution in [3.63, 3.8) is 0 Å². The summed E-state index contributed by atoms with van der Waals surface area (Å²) >= 11 is 0. The molecule has 1 heterocycles. The Hall–Kier alpha value is -3.10. The molecule has 0 saturated carbocycles. The Bertz CT molecular complexity index is 764. The molecule has 0 spiro atoms. The first kappa shape index (κ1) is 17.3. The molecule has 0 bridgehead atoms. The van der Waals surface area contributed by atoms with Gasteiger partial charge in [-0.2, -0.15) is 18.3 Å². The predicted molar refractivity (Wildman–Crippen MR) is 79.3 cm³/mol. The molecule has 2 aromatic rings. The van der Waals surface area contributed by atoms with Crippen molar-refractivity contribution < 1.29 is 27.2 Å². The highest BCUT2D eigenvalue weighted by Gasteiger charge is 2.30. The summed E-state index contributed by atoms with van der Waals surface area (Å²) in [6, 6.07) is 7.00. The summed E-state index contributed by atoms with van der Waals surface area (Å²) in [6.07, 6.45) is -3.27. The lowest BCUT2D eigenvalue weighted by atomic mass is 10.2. The third kappa shape index (κ3) is 4.70. The fraction of sp³-hybridized carbons (Fsp3) is 0.133. The number of rotatable bonds is 3. The molecular weight excluding hydrogens is 327 g/mol. The topological polar surface area (TPSA) is 83.7 Å². The number of aryl methyl sites for hydroxylation is 1. The molecule has 2 N–H and O–H groups in total. The van der Waals surface area contributed by atoms with Crippen LogP contribution in [0.15, 0.2) is 45.9 Å². The first-order chi connectivity index (χ1) is 11.3. The lowest BCUT2D eigenvalue weighted by molar-refractivity contribution is -0.137. The smallest absolute Gasteiger partial charge is 0.416 e. The highest BCUT2D eigenvalue weighted by atomic mass is 19.4. The normalized spacial score (nSPS) is 11.5. The molecule has 0 aliphatic carbocycles. The van der Waals surface area contributed by atoms with Crippen LogP contribution in [0.25, 0.3) is 0 Å². The first-order valence-electron chi connectivity index (χ1n) is 6.64. The first-order valence-corrected chi connectivity index (χ1v) is 6.64. The number of nitrogens with one attached hydrogen (secondary N) is 2. The van der Waals surface area contributed by atoms with Crippen LogP contribution in [-0.2, 0) is 15.8 Å². The fourth-order valence-electron chi connectivity index (χ4n) is 1.66. The van der Waals surface area contributed by atoms with Crippen LogP contribution in [0.2, 0.25) is 0 Å². The van der Waals surface area contributed by atoms with E-state index in [0.717, 1.165) is 24.3 Å². The number of carbonyl (C=O) groups excluding carboxylic acids is 2. The van der Waals surface area contributed by atoms with Gasteiger partial charge in [-0.15, -0.1) is 0 Å². The van der Waals surface area contributed by atoms with Gasteiger partial charge in [0.15, 0.2) is 0 Å². The van der Waals surface area contributed by atoms with E-state index in [4.69, 9.17) is 4.42 Å². The van der Waals surface area contributed by atoms with Gasteiger partial charge in [-0.3, -0.25) is 9.59 Å². The number of halogens is 3. The van der Waals surface area contributed by atoms with Crippen LogP contribution in [0.3, 0.4) is 0 Å². The number of alkyl halides is 3. The van der Waals surface area contributed by atoms with Gasteiger partial charge >= 0.3 is 18.0 Å². The van der Waals surface area contributed by atoms with Crippen LogP contribution in [-0.4, -0.2) is 18.0 Å². The highest BCUT2D eigenvalue weighted by Crippen LogP contribution is 2.29. The largest absolute Gasteiger partial charge is 0.460 e. The summed E-state index contributed by atoms with van der Waals surface area (Å²) < 4.78 is 42.4. The van der Waals surface area contributed by atoms with Gasteiger partial charge < -0.3 is 9.73 Å². The van der Waals surface area contributed by atoms with Crippen LogP contribution >= 0.6 is 0 Å². The van der Waals surface area contributed by atoms with E-state index in [2.05, 4.69) is 10.4 Å². The molecule has 2 amide bonds. The van der Waals surface area contributed by atoms with Crippen LogP contribution < -0.4 is 10.7 Å². The summed E-state index contributed by atoms with van der Waals surface area (Å²) in [4.78, 5) is 23.1. The molecule has 0 aliphatic heterocycles. The van der Waals surface area contributed by atoms with Gasteiger partial charge in [0, 0.05) is 5.69 Å². The zero-order valence-corrected chi connectivity index (χ0v) is 12.3. The van der Waals surface area contributed by atoms with Crippen molar-refractivity contribution in [1.29, 1.82) is 0 Å². The van der Waals surface area contributed by atoms with Crippen molar-refractivity contribution in [2.24, 2.45) is 5.10 Å². The standard InChI is InChI=1S/C15H12F3N3O3/c1-9-2-7-12(24-9)8-19-21-14(23)13(22)20-11-5-3-10(4-6-11)15(16,17)18/h2-8H,1H3,(H,20,22)(H,21,23)/b19-8+. The number of hydrogen-bond acceptors (Lipinski definition) is 4. The molecule has 2 rings (SSSR count). The van der Waals surface area contributed by atoms with E-state index < -0.39 is 23.6 Å². The Morgan fingerprint density at radius 1 is 1.08 bits per heavy atom. The van der Waals surface area contributed by atoms with Gasteiger partial charge in [-0.25, -0.2) is 5.43 Å². The van der Waals surface area contributed by atoms with Crippen molar-refractivity contribution in [3.05, 3.63) is 53.5 Å². The number of nitrogens with zero attached hydrogens (tertiary/aromatic N) is 1. The monoisotopic (exact) mass is 339 g/mol. The molecule has 126 valence electrons. The van der Waals surface area contributed by atoms with Crippen LogP contribution in [0.1, 0.15) is 17.1 Å². The minimum absolute atomic E-state index is 0.0498. The van der Waals surface area contributed by atoms with E-state index in [0.29, 0.717) is 11.5 Å². The average molecular weight is 339 g/mol. The maximum absolute atomic E-state index is 12.4. The Kier molecular flexibility index (Phi) is 5.02. The van der Waals surface area contributed by atoms with Gasteiger partial charge in [0.2, 0.25) is 0 Å². The molecule has 1 aromatic carbocycles. The van der Waals surface area contributed by atoms with Crippen molar-refractivity contribution in [2.75, 3.05) is 5.32 Å². The SMILES string of the molecule is Cc1ccc(/C=N/NC(=O)C(=O)Nc2ccc(C(F)(F)F)cc2)o1. The molecule has 0 fully saturated rings. The summed E-state index contributed by atoms with van der Waals surface area (Å²) in [5.41, 5.74) is 1.17. The Labute approximate surface area is 134 Å². The second kappa shape index (κ2) is 6.99. The summed E-state index contributed by atoms with van der Waals surface area (Å²) in [6.45, 7) is 1.73. The lowest BCUT2D eigenvalue weighted by Crippen LogP contribution is -2.32. The molecule has 9 heteroatoms. The minimum Gasteiger partial charge on any atom is -0.460 e. The van der Waals surface area contributed by atoms with E-state index in [9.17, 15) is 22.8 Å². The average Bonchev–Trinajstić information content (AvgIpc) is 2.92. The van der Waals surface area contributed by atoms with E-state index in [-0.39, 0.29) is 5.69 Å².